The fourth-order valence-electron chi connectivity index (χ4n) is 1.74. The molecule has 0 atom stereocenters. The van der Waals surface area contributed by atoms with Crippen LogP contribution in [-0.2, 0) is 6.42 Å². The van der Waals surface area contributed by atoms with Gasteiger partial charge in [0.25, 0.3) is 5.24 Å². The quantitative estimate of drug-likeness (QED) is 0.759. The Balaban J connectivity index is 2.04. The maximum atomic E-state index is 11.0. The lowest BCUT2D eigenvalue weighted by atomic mass is 10.1. The molecule has 1 heterocycles. The average Bonchev–Trinajstić information content (AvgIpc) is 2.80. The Morgan fingerprint density at radius 3 is 2.42 bits per heavy atom. The number of carbonyl (C=O) groups is 1. The van der Waals surface area contributed by atoms with E-state index in [4.69, 9.17) is 16.3 Å². The van der Waals surface area contributed by atoms with Gasteiger partial charge in [-0.15, -0.1) is 11.3 Å². The van der Waals surface area contributed by atoms with Gasteiger partial charge in [-0.1, -0.05) is 12.1 Å². The molecule has 2 rings (SSSR count). The standard InChI is InChI=1S/C15H15ClO2S/c1-10(2)18-12-5-3-11(4-6-12)9-13-7-8-14(19-13)15(16)17/h3-8,10H,9H2,1-2H3. The Morgan fingerprint density at radius 2 is 1.89 bits per heavy atom. The number of rotatable bonds is 5. The molecular weight excluding hydrogens is 280 g/mol. The first kappa shape index (κ1) is 14.1. The van der Waals surface area contributed by atoms with Crippen molar-refractivity contribution in [3.8, 4) is 5.75 Å². The van der Waals surface area contributed by atoms with E-state index in [2.05, 4.69) is 0 Å². The summed E-state index contributed by atoms with van der Waals surface area (Å²) in [4.78, 5) is 12.7. The van der Waals surface area contributed by atoms with E-state index in [1.165, 1.54) is 16.9 Å². The molecule has 19 heavy (non-hydrogen) atoms. The highest BCUT2D eigenvalue weighted by Gasteiger charge is 2.07. The van der Waals surface area contributed by atoms with Crippen molar-refractivity contribution in [2.75, 3.05) is 0 Å². The van der Waals surface area contributed by atoms with Gasteiger partial charge in [-0.05, 0) is 55.3 Å². The Kier molecular flexibility index (Phi) is 4.61. The molecule has 2 aromatic rings. The summed E-state index contributed by atoms with van der Waals surface area (Å²) in [6.07, 6.45) is 0.983. The zero-order valence-corrected chi connectivity index (χ0v) is 12.4. The van der Waals surface area contributed by atoms with Gasteiger partial charge in [-0.3, -0.25) is 4.79 Å². The normalized spacial score (nSPS) is 10.7. The lowest BCUT2D eigenvalue weighted by molar-refractivity contribution is 0.108. The average molecular weight is 295 g/mol. The zero-order chi connectivity index (χ0) is 13.8. The van der Waals surface area contributed by atoms with E-state index in [1.54, 1.807) is 6.07 Å². The molecular formula is C15H15ClO2S. The highest BCUT2D eigenvalue weighted by Crippen LogP contribution is 2.22. The Morgan fingerprint density at radius 1 is 1.21 bits per heavy atom. The smallest absolute Gasteiger partial charge is 0.262 e. The first-order chi connectivity index (χ1) is 9.04. The third-order valence-corrected chi connectivity index (χ3v) is 3.93. The van der Waals surface area contributed by atoms with Crippen LogP contribution in [0.1, 0.15) is 34.0 Å². The minimum Gasteiger partial charge on any atom is -0.491 e. The molecule has 0 saturated heterocycles. The molecule has 1 aromatic heterocycles. The van der Waals surface area contributed by atoms with Crippen LogP contribution in [0, 0.1) is 0 Å². The lowest BCUT2D eigenvalue weighted by Crippen LogP contribution is -2.05. The summed E-state index contributed by atoms with van der Waals surface area (Å²) in [6, 6.07) is 11.7. The molecule has 4 heteroatoms. The van der Waals surface area contributed by atoms with Crippen molar-refractivity contribution < 1.29 is 9.53 Å². The van der Waals surface area contributed by atoms with Crippen molar-refractivity contribution in [2.24, 2.45) is 0 Å². The lowest BCUT2D eigenvalue weighted by Gasteiger charge is -2.09. The van der Waals surface area contributed by atoms with Crippen LogP contribution < -0.4 is 4.74 Å². The summed E-state index contributed by atoms with van der Waals surface area (Å²) >= 11 is 6.88. The first-order valence-electron chi connectivity index (χ1n) is 6.09. The maximum absolute atomic E-state index is 11.0. The van der Waals surface area contributed by atoms with Crippen LogP contribution >= 0.6 is 22.9 Å². The third kappa shape index (κ3) is 4.08. The fraction of sp³-hybridized carbons (Fsp3) is 0.267. The highest BCUT2D eigenvalue weighted by molar-refractivity contribution is 7.15. The van der Waals surface area contributed by atoms with Gasteiger partial charge in [0, 0.05) is 11.3 Å². The van der Waals surface area contributed by atoms with E-state index >= 15 is 0 Å². The third-order valence-electron chi connectivity index (χ3n) is 2.53. The van der Waals surface area contributed by atoms with Crippen LogP contribution in [0.2, 0.25) is 0 Å². The number of hydrogen-bond acceptors (Lipinski definition) is 3. The number of benzene rings is 1. The molecule has 0 aliphatic rings. The number of ether oxygens (including phenoxy) is 1. The SMILES string of the molecule is CC(C)Oc1ccc(Cc2ccc(C(=O)Cl)s2)cc1. The molecule has 0 saturated carbocycles. The summed E-state index contributed by atoms with van der Waals surface area (Å²) in [5.41, 5.74) is 1.19. The fourth-order valence-corrected chi connectivity index (χ4v) is 2.79. The molecule has 2 nitrogen and oxygen atoms in total. The van der Waals surface area contributed by atoms with Crippen molar-refractivity contribution >= 4 is 28.2 Å². The molecule has 0 spiro atoms. The van der Waals surface area contributed by atoms with Crippen LogP contribution in [0.5, 0.6) is 5.75 Å². The van der Waals surface area contributed by atoms with Crippen molar-refractivity contribution in [1.29, 1.82) is 0 Å². The minimum atomic E-state index is -0.392. The van der Waals surface area contributed by atoms with Crippen LogP contribution in [0.3, 0.4) is 0 Å². The topological polar surface area (TPSA) is 26.3 Å². The van der Waals surface area contributed by atoms with Gasteiger partial charge in [0.15, 0.2) is 0 Å². The van der Waals surface area contributed by atoms with Crippen molar-refractivity contribution in [1.82, 2.24) is 0 Å². The second-order valence-electron chi connectivity index (χ2n) is 4.53. The highest BCUT2D eigenvalue weighted by atomic mass is 35.5. The van der Waals surface area contributed by atoms with Gasteiger partial charge in [0.1, 0.15) is 5.75 Å². The monoisotopic (exact) mass is 294 g/mol. The van der Waals surface area contributed by atoms with E-state index in [0.717, 1.165) is 17.0 Å². The van der Waals surface area contributed by atoms with Gasteiger partial charge in [-0.2, -0.15) is 0 Å². The van der Waals surface area contributed by atoms with Gasteiger partial charge in [0.2, 0.25) is 0 Å². The predicted molar refractivity (Wildman–Crippen MR) is 79.5 cm³/mol. The van der Waals surface area contributed by atoms with Gasteiger partial charge in [-0.25, -0.2) is 0 Å². The number of halogens is 1. The Hall–Kier alpha value is -1.32. The predicted octanol–water partition coefficient (Wildman–Crippen LogP) is 4.51. The largest absolute Gasteiger partial charge is 0.491 e. The Labute approximate surface area is 122 Å². The molecule has 0 amide bonds. The molecule has 0 fully saturated rings. The van der Waals surface area contributed by atoms with Crippen molar-refractivity contribution in [3.63, 3.8) is 0 Å². The van der Waals surface area contributed by atoms with Gasteiger partial charge >= 0.3 is 0 Å². The summed E-state index contributed by atoms with van der Waals surface area (Å²) in [7, 11) is 0. The van der Waals surface area contributed by atoms with Crippen LogP contribution in [0.25, 0.3) is 0 Å². The molecule has 0 N–H and O–H groups in total. The summed E-state index contributed by atoms with van der Waals surface area (Å²) in [6.45, 7) is 4.01. The molecule has 0 bridgehead atoms. The Bertz CT molecular complexity index is 558. The summed E-state index contributed by atoms with van der Waals surface area (Å²) in [5.74, 6) is 0.876. The second-order valence-corrected chi connectivity index (χ2v) is 6.04. The van der Waals surface area contributed by atoms with Crippen molar-refractivity contribution in [2.45, 2.75) is 26.4 Å². The second kappa shape index (κ2) is 6.22. The molecule has 0 radical (unpaired) electrons. The minimum absolute atomic E-state index is 0.181. The van der Waals surface area contributed by atoms with Gasteiger partial charge < -0.3 is 4.74 Å². The number of carbonyl (C=O) groups excluding carboxylic acids is 1. The molecule has 0 unspecified atom stereocenters. The van der Waals surface area contributed by atoms with E-state index in [-0.39, 0.29) is 6.10 Å². The molecule has 1 aromatic carbocycles. The molecule has 0 aliphatic heterocycles. The van der Waals surface area contributed by atoms with E-state index in [1.807, 2.05) is 44.2 Å². The zero-order valence-electron chi connectivity index (χ0n) is 10.9. The van der Waals surface area contributed by atoms with Crippen LogP contribution in [-0.4, -0.2) is 11.3 Å². The summed E-state index contributed by atoms with van der Waals surface area (Å²) in [5, 5.41) is -0.392. The van der Waals surface area contributed by atoms with Gasteiger partial charge in [0.05, 0.1) is 11.0 Å². The first-order valence-corrected chi connectivity index (χ1v) is 7.28. The molecule has 0 aliphatic carbocycles. The number of thiophene rings is 1. The van der Waals surface area contributed by atoms with E-state index in [0.29, 0.717) is 4.88 Å². The van der Waals surface area contributed by atoms with E-state index < -0.39 is 5.24 Å². The van der Waals surface area contributed by atoms with Crippen molar-refractivity contribution in [3.05, 3.63) is 51.7 Å². The van der Waals surface area contributed by atoms with E-state index in [9.17, 15) is 4.79 Å². The number of hydrogen-bond donors (Lipinski definition) is 0. The van der Waals surface area contributed by atoms with Crippen LogP contribution in [0.4, 0.5) is 0 Å². The molecule has 100 valence electrons. The van der Waals surface area contributed by atoms with Crippen LogP contribution in [0.15, 0.2) is 36.4 Å². The summed E-state index contributed by atoms with van der Waals surface area (Å²) < 4.78 is 5.60. The maximum Gasteiger partial charge on any atom is 0.262 e.